The summed E-state index contributed by atoms with van der Waals surface area (Å²) in [6.45, 7) is 5.23. The average Bonchev–Trinajstić information content (AvgIpc) is 3.11. The van der Waals surface area contributed by atoms with Crippen LogP contribution in [0.15, 0.2) is 36.4 Å². The molecular weight excluding hydrogens is 441 g/mol. The number of nitrogens with zero attached hydrogens (tertiary/aromatic N) is 2. The van der Waals surface area contributed by atoms with E-state index < -0.39 is 11.9 Å². The first-order valence-corrected chi connectivity index (χ1v) is 11.2. The van der Waals surface area contributed by atoms with Crippen molar-refractivity contribution in [2.24, 2.45) is 0 Å². The molecule has 1 aliphatic rings. The van der Waals surface area contributed by atoms with E-state index in [-0.39, 0.29) is 16.8 Å². The van der Waals surface area contributed by atoms with Crippen molar-refractivity contribution >= 4 is 27.5 Å². The van der Waals surface area contributed by atoms with Crippen LogP contribution in [0.3, 0.4) is 0 Å². The zero-order valence-corrected chi connectivity index (χ0v) is 18.6. The van der Waals surface area contributed by atoms with E-state index in [2.05, 4.69) is 4.98 Å². The van der Waals surface area contributed by atoms with Crippen LogP contribution >= 0.6 is 11.3 Å². The second-order valence-corrected chi connectivity index (χ2v) is 8.59. The number of ether oxygens (including phenoxy) is 2. The second kappa shape index (κ2) is 8.97. The largest absolute Gasteiger partial charge is 0.490 e. The van der Waals surface area contributed by atoms with Gasteiger partial charge in [0, 0.05) is 31.3 Å². The van der Waals surface area contributed by atoms with Gasteiger partial charge in [0.2, 0.25) is 0 Å². The summed E-state index contributed by atoms with van der Waals surface area (Å²) >= 11 is 1.02. The molecular formula is C23H23F3N2O3S. The first kappa shape index (κ1) is 22.4. The minimum atomic E-state index is -4.51. The van der Waals surface area contributed by atoms with Crippen molar-refractivity contribution < 1.29 is 27.4 Å². The number of carbonyl (C=O) groups excluding carboxylic acids is 1. The molecule has 32 heavy (non-hydrogen) atoms. The Morgan fingerprint density at radius 1 is 1.16 bits per heavy atom. The maximum atomic E-state index is 13.1. The highest BCUT2D eigenvalue weighted by atomic mass is 32.1. The van der Waals surface area contributed by atoms with Gasteiger partial charge in [-0.1, -0.05) is 12.1 Å². The Hall–Kier alpha value is -2.81. The van der Waals surface area contributed by atoms with Crippen LogP contribution in [0.2, 0.25) is 0 Å². The maximum Gasteiger partial charge on any atom is 0.433 e. The van der Waals surface area contributed by atoms with E-state index in [0.717, 1.165) is 17.4 Å². The zero-order chi connectivity index (χ0) is 22.9. The van der Waals surface area contributed by atoms with Crippen molar-refractivity contribution in [3.8, 4) is 11.5 Å². The number of aryl methyl sites for hydroxylation is 1. The molecule has 3 aromatic rings. The van der Waals surface area contributed by atoms with Gasteiger partial charge in [-0.05, 0) is 43.7 Å². The van der Waals surface area contributed by atoms with Gasteiger partial charge in [-0.2, -0.15) is 13.2 Å². The third-order valence-electron chi connectivity index (χ3n) is 5.46. The number of benzene rings is 1. The smallest absolute Gasteiger partial charge is 0.433 e. The van der Waals surface area contributed by atoms with E-state index in [1.54, 1.807) is 11.8 Å². The second-order valence-electron chi connectivity index (χ2n) is 7.59. The molecule has 1 saturated heterocycles. The van der Waals surface area contributed by atoms with Gasteiger partial charge in [0.1, 0.15) is 16.6 Å². The van der Waals surface area contributed by atoms with Gasteiger partial charge in [0.15, 0.2) is 11.5 Å². The number of aromatic nitrogens is 1. The SMILES string of the molecule is CCOc1ccccc1OC1CCN(C(=O)c2sc3nc(C(F)(F)F)ccc3c2C)CC1. The van der Waals surface area contributed by atoms with E-state index in [4.69, 9.17) is 9.47 Å². The number of halogens is 3. The Morgan fingerprint density at radius 2 is 1.84 bits per heavy atom. The normalized spacial score (nSPS) is 15.2. The Labute approximate surface area is 187 Å². The molecule has 0 spiro atoms. The van der Waals surface area contributed by atoms with Crippen LogP contribution in [-0.4, -0.2) is 41.6 Å². The molecule has 0 unspecified atom stereocenters. The lowest BCUT2D eigenvalue weighted by atomic mass is 10.1. The summed E-state index contributed by atoms with van der Waals surface area (Å²) in [5.74, 6) is 1.21. The third-order valence-corrected chi connectivity index (χ3v) is 6.65. The fraction of sp³-hybridized carbons (Fsp3) is 0.391. The first-order chi connectivity index (χ1) is 15.3. The van der Waals surface area contributed by atoms with Crippen LogP contribution in [-0.2, 0) is 6.18 Å². The minimum absolute atomic E-state index is 0.0415. The minimum Gasteiger partial charge on any atom is -0.490 e. The molecule has 0 saturated carbocycles. The molecule has 9 heteroatoms. The average molecular weight is 465 g/mol. The number of hydrogen-bond acceptors (Lipinski definition) is 5. The van der Waals surface area contributed by atoms with Crippen molar-refractivity contribution in [2.45, 2.75) is 39.0 Å². The van der Waals surface area contributed by atoms with Crippen molar-refractivity contribution in [2.75, 3.05) is 19.7 Å². The van der Waals surface area contributed by atoms with E-state index in [9.17, 15) is 18.0 Å². The summed E-state index contributed by atoms with van der Waals surface area (Å²) < 4.78 is 50.7. The topological polar surface area (TPSA) is 51.7 Å². The van der Waals surface area contributed by atoms with Gasteiger partial charge >= 0.3 is 6.18 Å². The number of rotatable bonds is 5. The highest BCUT2D eigenvalue weighted by molar-refractivity contribution is 7.20. The van der Waals surface area contributed by atoms with Crippen LogP contribution in [0.1, 0.15) is 40.7 Å². The van der Waals surface area contributed by atoms with Crippen LogP contribution in [0, 0.1) is 6.92 Å². The standard InChI is InChI=1S/C23H23F3N2O3S/c1-3-30-17-6-4-5-7-18(17)31-15-10-12-28(13-11-15)22(29)20-14(2)16-8-9-19(23(24,25)26)27-21(16)32-20/h4-9,15H,3,10-13H2,1-2H3. The monoisotopic (exact) mass is 464 g/mol. The Morgan fingerprint density at radius 3 is 2.50 bits per heavy atom. The number of carbonyl (C=O) groups is 1. The van der Waals surface area contributed by atoms with Crippen LogP contribution in [0.5, 0.6) is 11.5 Å². The Bertz CT molecular complexity index is 1120. The van der Waals surface area contributed by atoms with E-state index in [0.29, 0.717) is 59.9 Å². The molecule has 0 bridgehead atoms. The lowest BCUT2D eigenvalue weighted by Crippen LogP contribution is -2.41. The fourth-order valence-corrected chi connectivity index (χ4v) is 4.93. The number of piperidine rings is 1. The van der Waals surface area contributed by atoms with Crippen LogP contribution < -0.4 is 9.47 Å². The number of pyridine rings is 1. The molecule has 1 amide bonds. The molecule has 1 aliphatic heterocycles. The van der Waals surface area contributed by atoms with Gasteiger partial charge in [-0.15, -0.1) is 11.3 Å². The molecule has 170 valence electrons. The fourth-order valence-electron chi connectivity index (χ4n) is 3.78. The van der Waals surface area contributed by atoms with Gasteiger partial charge in [0.05, 0.1) is 11.5 Å². The van der Waals surface area contributed by atoms with Gasteiger partial charge < -0.3 is 14.4 Å². The highest BCUT2D eigenvalue weighted by Gasteiger charge is 2.33. The molecule has 1 fully saturated rings. The molecule has 0 aliphatic carbocycles. The van der Waals surface area contributed by atoms with Crippen molar-refractivity contribution in [3.05, 3.63) is 52.5 Å². The first-order valence-electron chi connectivity index (χ1n) is 10.4. The predicted molar refractivity (Wildman–Crippen MR) is 117 cm³/mol. The molecule has 1 aromatic carbocycles. The Balaban J connectivity index is 1.44. The molecule has 5 nitrogen and oxygen atoms in total. The van der Waals surface area contributed by atoms with Crippen molar-refractivity contribution in [1.82, 2.24) is 9.88 Å². The maximum absolute atomic E-state index is 13.1. The zero-order valence-electron chi connectivity index (χ0n) is 17.7. The molecule has 0 radical (unpaired) electrons. The number of likely N-dealkylation sites (tertiary alicyclic amines) is 1. The quantitative estimate of drug-likeness (QED) is 0.486. The number of fused-ring (bicyclic) bond motifs is 1. The summed E-state index contributed by atoms with van der Waals surface area (Å²) in [6.07, 6.45) is -3.24. The number of hydrogen-bond donors (Lipinski definition) is 0. The lowest BCUT2D eigenvalue weighted by Gasteiger charge is -2.32. The number of alkyl halides is 3. The van der Waals surface area contributed by atoms with E-state index in [1.807, 2.05) is 31.2 Å². The molecule has 0 N–H and O–H groups in total. The highest BCUT2D eigenvalue weighted by Crippen LogP contribution is 2.35. The van der Waals surface area contributed by atoms with Gasteiger partial charge in [-0.25, -0.2) is 4.98 Å². The number of thiophene rings is 1. The predicted octanol–water partition coefficient (Wildman–Crippen LogP) is 5.71. The summed E-state index contributed by atoms with van der Waals surface area (Å²) in [4.78, 5) is 19.2. The summed E-state index contributed by atoms with van der Waals surface area (Å²) in [7, 11) is 0. The van der Waals surface area contributed by atoms with E-state index in [1.165, 1.54) is 6.07 Å². The van der Waals surface area contributed by atoms with E-state index >= 15 is 0 Å². The molecule has 2 aromatic heterocycles. The van der Waals surface area contributed by atoms with Gasteiger partial charge in [0.25, 0.3) is 5.91 Å². The third kappa shape index (κ3) is 4.53. The summed E-state index contributed by atoms with van der Waals surface area (Å²) in [5, 5.41) is 0.581. The summed E-state index contributed by atoms with van der Waals surface area (Å²) in [5.41, 5.74) is -0.282. The molecule has 0 atom stereocenters. The van der Waals surface area contributed by atoms with Crippen molar-refractivity contribution in [3.63, 3.8) is 0 Å². The summed E-state index contributed by atoms with van der Waals surface area (Å²) in [6, 6.07) is 9.85. The van der Waals surface area contributed by atoms with Crippen LogP contribution in [0.25, 0.3) is 10.2 Å². The van der Waals surface area contributed by atoms with Crippen LogP contribution in [0.4, 0.5) is 13.2 Å². The number of para-hydroxylation sites is 2. The Kier molecular flexibility index (Phi) is 6.28. The lowest BCUT2D eigenvalue weighted by molar-refractivity contribution is -0.140. The van der Waals surface area contributed by atoms with Crippen molar-refractivity contribution in [1.29, 1.82) is 0 Å². The molecule has 4 rings (SSSR count). The molecule has 3 heterocycles. The van der Waals surface area contributed by atoms with Gasteiger partial charge in [-0.3, -0.25) is 4.79 Å². The number of amides is 1.